The van der Waals surface area contributed by atoms with Gasteiger partial charge in [-0.2, -0.15) is 0 Å². The topological polar surface area (TPSA) is 38.3 Å². The van der Waals surface area contributed by atoms with Crippen molar-refractivity contribution in [1.82, 2.24) is 5.32 Å². The fourth-order valence-electron chi connectivity index (χ4n) is 2.59. The molecule has 0 aromatic rings. The van der Waals surface area contributed by atoms with E-state index in [0.717, 1.165) is 6.42 Å². The maximum Gasteiger partial charge on any atom is 0.407 e. The molecule has 0 aromatic carbocycles. The lowest BCUT2D eigenvalue weighted by atomic mass is 9.85. The molecule has 0 bridgehead atoms. The van der Waals surface area contributed by atoms with Crippen LogP contribution >= 0.6 is 0 Å². The maximum atomic E-state index is 11.8. The van der Waals surface area contributed by atoms with E-state index in [1.54, 1.807) is 0 Å². The molecule has 1 amide bonds. The summed E-state index contributed by atoms with van der Waals surface area (Å²) < 4.78 is 5.41. The average Bonchev–Trinajstić information content (AvgIpc) is 2.38. The molecule has 0 aliphatic heterocycles. The molecule has 3 nitrogen and oxygen atoms in total. The van der Waals surface area contributed by atoms with Gasteiger partial charge in [-0.05, 0) is 38.5 Å². The van der Waals surface area contributed by atoms with Gasteiger partial charge in [0.15, 0.2) is 0 Å². The summed E-state index contributed by atoms with van der Waals surface area (Å²) in [5.41, 5.74) is 0. The predicted molar refractivity (Wildman–Crippen MR) is 74.6 cm³/mol. The minimum atomic E-state index is -0.249. The number of hydrogen-bond acceptors (Lipinski definition) is 2. The fraction of sp³-hybridized carbons (Fsp3) is 0.933. The molecular weight excluding hydrogens is 226 g/mol. The van der Waals surface area contributed by atoms with E-state index in [-0.39, 0.29) is 18.2 Å². The van der Waals surface area contributed by atoms with Crippen molar-refractivity contribution in [3.63, 3.8) is 0 Å². The SMILES string of the molecule is CCC(C)C(C)OC(=O)NC(C)C1CCCCC1. The lowest BCUT2D eigenvalue weighted by molar-refractivity contribution is 0.0714. The largest absolute Gasteiger partial charge is 0.446 e. The molecule has 0 spiro atoms. The van der Waals surface area contributed by atoms with E-state index in [4.69, 9.17) is 4.74 Å². The molecule has 1 aliphatic carbocycles. The Kier molecular flexibility index (Phi) is 6.51. The zero-order chi connectivity index (χ0) is 13.5. The Bertz CT molecular complexity index is 249. The highest BCUT2D eigenvalue weighted by atomic mass is 16.6. The summed E-state index contributed by atoms with van der Waals surface area (Å²) in [5, 5.41) is 3.00. The summed E-state index contributed by atoms with van der Waals surface area (Å²) in [6.45, 7) is 8.31. The second-order valence-electron chi connectivity index (χ2n) is 5.83. The molecule has 1 N–H and O–H groups in total. The molecule has 0 radical (unpaired) electrons. The molecule has 18 heavy (non-hydrogen) atoms. The van der Waals surface area contributed by atoms with Crippen molar-refractivity contribution in [2.24, 2.45) is 11.8 Å². The number of ether oxygens (including phenoxy) is 1. The number of rotatable bonds is 5. The number of carbonyl (C=O) groups is 1. The van der Waals surface area contributed by atoms with E-state index in [1.807, 2.05) is 6.92 Å². The Morgan fingerprint density at radius 1 is 1.22 bits per heavy atom. The second-order valence-corrected chi connectivity index (χ2v) is 5.83. The molecule has 106 valence electrons. The molecule has 0 heterocycles. The molecule has 3 atom stereocenters. The van der Waals surface area contributed by atoms with Gasteiger partial charge >= 0.3 is 6.09 Å². The van der Waals surface area contributed by atoms with Crippen LogP contribution in [-0.2, 0) is 4.74 Å². The minimum Gasteiger partial charge on any atom is -0.446 e. The third-order valence-electron chi connectivity index (χ3n) is 4.44. The molecule has 3 heteroatoms. The summed E-state index contributed by atoms with van der Waals surface area (Å²) in [6.07, 6.45) is 7.20. The van der Waals surface area contributed by atoms with Gasteiger partial charge in [0.1, 0.15) is 6.10 Å². The number of hydrogen-bond donors (Lipinski definition) is 1. The third kappa shape index (κ3) is 4.87. The first-order valence-electron chi connectivity index (χ1n) is 7.51. The van der Waals surface area contributed by atoms with Crippen LogP contribution in [0.25, 0.3) is 0 Å². The number of carbonyl (C=O) groups excluding carboxylic acids is 1. The first-order chi connectivity index (χ1) is 8.54. The van der Waals surface area contributed by atoms with Crippen LogP contribution < -0.4 is 5.32 Å². The van der Waals surface area contributed by atoms with Crippen molar-refractivity contribution < 1.29 is 9.53 Å². The zero-order valence-corrected chi connectivity index (χ0v) is 12.4. The van der Waals surface area contributed by atoms with E-state index in [9.17, 15) is 4.79 Å². The van der Waals surface area contributed by atoms with Crippen molar-refractivity contribution in [3.8, 4) is 0 Å². The van der Waals surface area contributed by atoms with Gasteiger partial charge in [0.2, 0.25) is 0 Å². The van der Waals surface area contributed by atoms with Gasteiger partial charge in [0.25, 0.3) is 0 Å². The molecule has 1 rings (SSSR count). The minimum absolute atomic E-state index is 0.00597. The first kappa shape index (κ1) is 15.3. The maximum absolute atomic E-state index is 11.8. The predicted octanol–water partition coefficient (Wildman–Crippen LogP) is 4.12. The highest BCUT2D eigenvalue weighted by Crippen LogP contribution is 2.26. The van der Waals surface area contributed by atoms with Crippen LogP contribution in [0.15, 0.2) is 0 Å². The summed E-state index contributed by atoms with van der Waals surface area (Å²) >= 11 is 0. The van der Waals surface area contributed by atoms with E-state index in [0.29, 0.717) is 11.8 Å². The number of amides is 1. The molecule has 3 unspecified atom stereocenters. The normalized spacial score (nSPS) is 22.0. The van der Waals surface area contributed by atoms with E-state index < -0.39 is 0 Å². The van der Waals surface area contributed by atoms with Crippen LogP contribution in [0.4, 0.5) is 4.79 Å². The van der Waals surface area contributed by atoms with Crippen molar-refractivity contribution >= 4 is 6.09 Å². The third-order valence-corrected chi connectivity index (χ3v) is 4.44. The molecule has 0 saturated heterocycles. The van der Waals surface area contributed by atoms with Gasteiger partial charge in [0.05, 0.1) is 0 Å². The fourth-order valence-corrected chi connectivity index (χ4v) is 2.59. The van der Waals surface area contributed by atoms with E-state index in [2.05, 4.69) is 26.1 Å². The second kappa shape index (κ2) is 7.65. The van der Waals surface area contributed by atoms with Crippen LogP contribution in [0.3, 0.4) is 0 Å². The van der Waals surface area contributed by atoms with Crippen molar-refractivity contribution in [1.29, 1.82) is 0 Å². The molecule has 1 fully saturated rings. The van der Waals surface area contributed by atoms with Gasteiger partial charge in [-0.15, -0.1) is 0 Å². The van der Waals surface area contributed by atoms with Crippen LogP contribution in [0.1, 0.15) is 66.2 Å². The lowest BCUT2D eigenvalue weighted by Crippen LogP contribution is -2.40. The van der Waals surface area contributed by atoms with Gasteiger partial charge in [-0.1, -0.05) is 39.5 Å². The quantitative estimate of drug-likeness (QED) is 0.802. The average molecular weight is 255 g/mol. The Hall–Kier alpha value is -0.730. The summed E-state index contributed by atoms with van der Waals surface area (Å²) in [4.78, 5) is 11.8. The Morgan fingerprint density at radius 3 is 2.39 bits per heavy atom. The Labute approximate surface area is 112 Å². The number of alkyl carbamates (subject to hydrolysis) is 1. The Balaban J connectivity index is 2.30. The lowest BCUT2D eigenvalue weighted by Gasteiger charge is -2.29. The van der Waals surface area contributed by atoms with Gasteiger partial charge in [0, 0.05) is 6.04 Å². The summed E-state index contributed by atoms with van der Waals surface area (Å²) in [7, 11) is 0. The molecular formula is C15H29NO2. The molecule has 1 aliphatic rings. The number of nitrogens with one attached hydrogen (secondary N) is 1. The standard InChI is InChI=1S/C15H29NO2/c1-5-11(2)13(4)18-15(17)16-12(3)14-9-7-6-8-10-14/h11-14H,5-10H2,1-4H3,(H,16,17). The summed E-state index contributed by atoms with van der Waals surface area (Å²) in [5.74, 6) is 1.05. The first-order valence-corrected chi connectivity index (χ1v) is 7.51. The van der Waals surface area contributed by atoms with Crippen molar-refractivity contribution in [3.05, 3.63) is 0 Å². The van der Waals surface area contributed by atoms with Crippen LogP contribution in [0.5, 0.6) is 0 Å². The highest BCUT2D eigenvalue weighted by molar-refractivity contribution is 5.67. The smallest absolute Gasteiger partial charge is 0.407 e. The Morgan fingerprint density at radius 2 is 1.83 bits per heavy atom. The van der Waals surface area contributed by atoms with Gasteiger partial charge in [-0.3, -0.25) is 0 Å². The zero-order valence-electron chi connectivity index (χ0n) is 12.4. The van der Waals surface area contributed by atoms with Crippen LogP contribution in [-0.4, -0.2) is 18.2 Å². The van der Waals surface area contributed by atoms with Gasteiger partial charge < -0.3 is 10.1 Å². The van der Waals surface area contributed by atoms with Crippen molar-refractivity contribution in [2.45, 2.75) is 78.4 Å². The highest BCUT2D eigenvalue weighted by Gasteiger charge is 2.23. The molecule has 0 aromatic heterocycles. The van der Waals surface area contributed by atoms with Crippen molar-refractivity contribution in [2.75, 3.05) is 0 Å². The van der Waals surface area contributed by atoms with Crippen LogP contribution in [0.2, 0.25) is 0 Å². The van der Waals surface area contributed by atoms with E-state index >= 15 is 0 Å². The van der Waals surface area contributed by atoms with E-state index in [1.165, 1.54) is 32.1 Å². The monoisotopic (exact) mass is 255 g/mol. The molecule has 1 saturated carbocycles. The summed E-state index contributed by atoms with van der Waals surface area (Å²) in [6, 6.07) is 0.238. The van der Waals surface area contributed by atoms with Gasteiger partial charge in [-0.25, -0.2) is 4.79 Å². The van der Waals surface area contributed by atoms with Crippen LogP contribution in [0, 0.1) is 11.8 Å².